The van der Waals surface area contributed by atoms with Gasteiger partial charge in [0.15, 0.2) is 0 Å². The first-order valence-corrected chi connectivity index (χ1v) is 7.14. The van der Waals surface area contributed by atoms with Crippen LogP contribution < -0.4 is 0 Å². The van der Waals surface area contributed by atoms with Gasteiger partial charge in [-0.15, -0.1) is 0 Å². The molecule has 1 heterocycles. The van der Waals surface area contributed by atoms with Crippen LogP contribution in [-0.2, 0) is 6.54 Å². The zero-order valence-electron chi connectivity index (χ0n) is 12.3. The predicted octanol–water partition coefficient (Wildman–Crippen LogP) is 3.39. The van der Waals surface area contributed by atoms with Gasteiger partial charge in [0.05, 0.1) is 5.56 Å². The maximum atomic E-state index is 13.7. The maximum absolute atomic E-state index is 13.7. The molecule has 20 heavy (non-hydrogen) atoms. The summed E-state index contributed by atoms with van der Waals surface area (Å²) in [6.45, 7) is 8.38. The molecule has 1 saturated heterocycles. The number of aromatic carboxylic acids is 1. The van der Waals surface area contributed by atoms with Crippen LogP contribution in [0.1, 0.15) is 43.1 Å². The van der Waals surface area contributed by atoms with E-state index in [0.29, 0.717) is 24.4 Å². The average Bonchev–Trinajstić information content (AvgIpc) is 2.35. The minimum Gasteiger partial charge on any atom is -0.478 e. The second kappa shape index (κ2) is 5.92. The summed E-state index contributed by atoms with van der Waals surface area (Å²) in [7, 11) is 0. The zero-order chi connectivity index (χ0) is 14.9. The van der Waals surface area contributed by atoms with Crippen molar-refractivity contribution in [2.75, 3.05) is 6.54 Å². The van der Waals surface area contributed by atoms with Crippen LogP contribution in [0.15, 0.2) is 18.2 Å². The molecule has 1 aromatic carbocycles. The number of carbonyl (C=O) groups is 1. The molecule has 3 unspecified atom stereocenters. The van der Waals surface area contributed by atoms with Gasteiger partial charge in [0.1, 0.15) is 5.82 Å². The summed E-state index contributed by atoms with van der Waals surface area (Å²) < 4.78 is 13.7. The van der Waals surface area contributed by atoms with E-state index >= 15 is 0 Å². The molecular weight excluding hydrogens is 257 g/mol. The number of nitrogens with zero attached hydrogens (tertiary/aromatic N) is 1. The highest BCUT2D eigenvalue weighted by Crippen LogP contribution is 2.28. The van der Waals surface area contributed by atoms with Gasteiger partial charge in [0.2, 0.25) is 0 Å². The van der Waals surface area contributed by atoms with E-state index in [1.807, 2.05) is 0 Å². The van der Waals surface area contributed by atoms with Crippen molar-refractivity contribution in [2.45, 2.75) is 39.8 Å². The Morgan fingerprint density at radius 1 is 1.40 bits per heavy atom. The number of likely N-dealkylation sites (tertiary alicyclic amines) is 1. The lowest BCUT2D eigenvalue weighted by molar-refractivity contribution is 0.0690. The van der Waals surface area contributed by atoms with Gasteiger partial charge in [0, 0.05) is 19.1 Å². The third kappa shape index (κ3) is 3.18. The molecule has 3 atom stereocenters. The van der Waals surface area contributed by atoms with Crippen LogP contribution in [0.25, 0.3) is 0 Å². The smallest absolute Gasteiger partial charge is 0.338 e. The Morgan fingerprint density at radius 2 is 2.10 bits per heavy atom. The summed E-state index contributed by atoms with van der Waals surface area (Å²) in [6, 6.07) is 4.88. The molecule has 2 rings (SSSR count). The Hall–Kier alpha value is -1.42. The van der Waals surface area contributed by atoms with E-state index in [4.69, 9.17) is 5.11 Å². The Bertz CT molecular complexity index is 503. The summed E-state index contributed by atoms with van der Waals surface area (Å²) >= 11 is 0. The van der Waals surface area contributed by atoms with E-state index < -0.39 is 11.8 Å². The fraction of sp³-hybridized carbons (Fsp3) is 0.562. The molecule has 1 aliphatic heterocycles. The van der Waals surface area contributed by atoms with Gasteiger partial charge in [-0.2, -0.15) is 0 Å². The largest absolute Gasteiger partial charge is 0.478 e. The molecule has 0 spiro atoms. The van der Waals surface area contributed by atoms with Gasteiger partial charge in [-0.25, -0.2) is 9.18 Å². The van der Waals surface area contributed by atoms with E-state index in [-0.39, 0.29) is 5.56 Å². The Morgan fingerprint density at radius 3 is 2.70 bits per heavy atom. The van der Waals surface area contributed by atoms with Crippen molar-refractivity contribution in [1.82, 2.24) is 4.90 Å². The van der Waals surface area contributed by atoms with Crippen LogP contribution in [0.5, 0.6) is 0 Å². The molecule has 1 aromatic rings. The molecule has 1 aliphatic rings. The van der Waals surface area contributed by atoms with Crippen LogP contribution in [0, 0.1) is 17.7 Å². The predicted molar refractivity (Wildman–Crippen MR) is 76.2 cm³/mol. The quantitative estimate of drug-likeness (QED) is 0.922. The molecule has 110 valence electrons. The second-order valence-corrected chi connectivity index (χ2v) is 6.11. The van der Waals surface area contributed by atoms with Crippen LogP contribution >= 0.6 is 0 Å². The Balaban J connectivity index is 2.13. The number of benzene rings is 1. The van der Waals surface area contributed by atoms with E-state index in [9.17, 15) is 9.18 Å². The third-order valence-electron chi connectivity index (χ3n) is 4.37. The molecule has 0 amide bonds. The monoisotopic (exact) mass is 279 g/mol. The van der Waals surface area contributed by atoms with Crippen LogP contribution in [0.3, 0.4) is 0 Å². The highest BCUT2D eigenvalue weighted by molar-refractivity contribution is 5.87. The maximum Gasteiger partial charge on any atom is 0.338 e. The minimum absolute atomic E-state index is 0.262. The number of halogens is 1. The first-order chi connectivity index (χ1) is 9.38. The second-order valence-electron chi connectivity index (χ2n) is 6.11. The first-order valence-electron chi connectivity index (χ1n) is 7.14. The lowest BCUT2D eigenvalue weighted by Crippen LogP contribution is -2.45. The summed E-state index contributed by atoms with van der Waals surface area (Å²) in [5.41, 5.74) is 0.572. The topological polar surface area (TPSA) is 40.5 Å². The van der Waals surface area contributed by atoms with E-state index in [1.54, 1.807) is 6.07 Å². The summed E-state index contributed by atoms with van der Waals surface area (Å²) in [6.07, 6.45) is 1.23. The van der Waals surface area contributed by atoms with E-state index in [1.165, 1.54) is 18.6 Å². The van der Waals surface area contributed by atoms with Gasteiger partial charge in [-0.1, -0.05) is 19.9 Å². The Kier molecular flexibility index (Phi) is 4.43. The van der Waals surface area contributed by atoms with Gasteiger partial charge in [-0.3, -0.25) is 4.90 Å². The highest BCUT2D eigenvalue weighted by atomic mass is 19.1. The number of piperidine rings is 1. The van der Waals surface area contributed by atoms with Gasteiger partial charge >= 0.3 is 5.97 Å². The van der Waals surface area contributed by atoms with Gasteiger partial charge in [0.25, 0.3) is 0 Å². The lowest BCUT2D eigenvalue weighted by atomic mass is 9.86. The standard InChI is InChI=1S/C16H22FNO2/c1-10-6-11(2)12(3)18(8-10)9-13-4-5-14(16(19)20)15(17)7-13/h4-5,7,10-12H,6,8-9H2,1-3H3,(H,19,20). The van der Waals surface area contributed by atoms with Crippen molar-refractivity contribution < 1.29 is 14.3 Å². The summed E-state index contributed by atoms with van der Waals surface area (Å²) in [5.74, 6) is -0.602. The molecule has 0 radical (unpaired) electrons. The molecule has 0 aromatic heterocycles. The molecule has 3 nitrogen and oxygen atoms in total. The molecule has 0 aliphatic carbocycles. The van der Waals surface area contributed by atoms with Crippen LogP contribution in [-0.4, -0.2) is 28.6 Å². The first kappa shape index (κ1) is 15.0. The van der Waals surface area contributed by atoms with Gasteiger partial charge < -0.3 is 5.11 Å². The van der Waals surface area contributed by atoms with Crippen molar-refractivity contribution in [3.63, 3.8) is 0 Å². The highest BCUT2D eigenvalue weighted by Gasteiger charge is 2.28. The average molecular weight is 279 g/mol. The summed E-state index contributed by atoms with van der Waals surface area (Å²) in [5, 5.41) is 8.84. The molecule has 0 saturated carbocycles. The van der Waals surface area contributed by atoms with E-state index in [0.717, 1.165) is 12.1 Å². The number of carboxylic acid groups (broad SMARTS) is 1. The SMILES string of the molecule is CC1CC(C)C(C)N(Cc2ccc(C(=O)O)c(F)c2)C1. The molecule has 1 N–H and O–H groups in total. The zero-order valence-corrected chi connectivity index (χ0v) is 12.3. The number of rotatable bonds is 3. The molecule has 4 heteroatoms. The van der Waals surface area contributed by atoms with Crippen LogP contribution in [0.2, 0.25) is 0 Å². The fourth-order valence-electron chi connectivity index (χ4n) is 3.11. The fourth-order valence-corrected chi connectivity index (χ4v) is 3.11. The lowest BCUT2D eigenvalue weighted by Gasteiger charge is -2.41. The van der Waals surface area contributed by atoms with Crippen molar-refractivity contribution in [2.24, 2.45) is 11.8 Å². The minimum atomic E-state index is -1.22. The van der Waals surface area contributed by atoms with Crippen molar-refractivity contribution in [3.8, 4) is 0 Å². The third-order valence-corrected chi connectivity index (χ3v) is 4.37. The van der Waals surface area contributed by atoms with Crippen LogP contribution in [0.4, 0.5) is 4.39 Å². The Labute approximate surface area is 119 Å². The molecule has 0 bridgehead atoms. The number of hydrogen-bond acceptors (Lipinski definition) is 2. The summed E-state index contributed by atoms with van der Waals surface area (Å²) in [4.78, 5) is 13.2. The molecule has 1 fully saturated rings. The number of carboxylic acids is 1. The normalized spacial score (nSPS) is 27.5. The molecular formula is C16H22FNO2. The number of hydrogen-bond donors (Lipinski definition) is 1. The van der Waals surface area contributed by atoms with Crippen molar-refractivity contribution >= 4 is 5.97 Å². The van der Waals surface area contributed by atoms with Gasteiger partial charge in [-0.05, 0) is 42.9 Å². The van der Waals surface area contributed by atoms with Crippen molar-refractivity contribution in [3.05, 3.63) is 35.1 Å². The van der Waals surface area contributed by atoms with E-state index in [2.05, 4.69) is 25.7 Å². The van der Waals surface area contributed by atoms with Crippen molar-refractivity contribution in [1.29, 1.82) is 0 Å².